The average Bonchev–Trinajstić information content (AvgIpc) is 2.38. The summed E-state index contributed by atoms with van der Waals surface area (Å²) in [5.41, 5.74) is 1.46. The molecule has 1 aromatic heterocycles. The number of halogens is 1. The summed E-state index contributed by atoms with van der Waals surface area (Å²) in [7, 11) is 0. The fraction of sp³-hybridized carbons (Fsp3) is 0.154. The first-order valence-corrected chi connectivity index (χ1v) is 6.06. The third kappa shape index (κ3) is 3.20. The van der Waals surface area contributed by atoms with Crippen LogP contribution in [0.4, 0.5) is 5.69 Å². The van der Waals surface area contributed by atoms with E-state index in [9.17, 15) is 10.1 Å². The molecule has 5 nitrogen and oxygen atoms in total. The Bertz CT molecular complexity index is 617. The van der Waals surface area contributed by atoms with Gasteiger partial charge in [0.2, 0.25) is 0 Å². The predicted molar refractivity (Wildman–Crippen MR) is 71.7 cm³/mol. The molecule has 0 spiro atoms. The van der Waals surface area contributed by atoms with Gasteiger partial charge in [0, 0.05) is 23.7 Å². The summed E-state index contributed by atoms with van der Waals surface area (Å²) in [6, 6.07) is 6.37. The van der Waals surface area contributed by atoms with Gasteiger partial charge in [-0.25, -0.2) is 0 Å². The summed E-state index contributed by atoms with van der Waals surface area (Å²) in [6.45, 7) is 1.67. The molecular weight excluding hydrogens is 268 g/mol. The van der Waals surface area contributed by atoms with Crippen LogP contribution >= 0.6 is 11.6 Å². The van der Waals surface area contributed by atoms with Crippen LogP contribution in [0.15, 0.2) is 36.7 Å². The van der Waals surface area contributed by atoms with Crippen molar-refractivity contribution < 1.29 is 9.66 Å². The third-order valence-electron chi connectivity index (χ3n) is 2.52. The van der Waals surface area contributed by atoms with Gasteiger partial charge in [-0.15, -0.1) is 11.6 Å². The largest absolute Gasteiger partial charge is 0.456 e. The van der Waals surface area contributed by atoms with Crippen molar-refractivity contribution >= 4 is 17.3 Å². The number of nitro groups is 1. The van der Waals surface area contributed by atoms with Gasteiger partial charge in [0.15, 0.2) is 0 Å². The molecule has 2 rings (SSSR count). The molecule has 0 N–H and O–H groups in total. The van der Waals surface area contributed by atoms with Crippen molar-refractivity contribution in [3.63, 3.8) is 0 Å². The van der Waals surface area contributed by atoms with Gasteiger partial charge < -0.3 is 4.74 Å². The number of hydrogen-bond donors (Lipinski definition) is 0. The molecule has 1 heterocycles. The first-order chi connectivity index (χ1) is 9.10. The Morgan fingerprint density at radius 1 is 1.32 bits per heavy atom. The van der Waals surface area contributed by atoms with Gasteiger partial charge in [-0.05, 0) is 30.7 Å². The second kappa shape index (κ2) is 5.67. The number of nitrogens with zero attached hydrogens (tertiary/aromatic N) is 2. The molecule has 1 aromatic carbocycles. The molecule has 0 amide bonds. The van der Waals surface area contributed by atoms with Crippen molar-refractivity contribution in [2.24, 2.45) is 0 Å². The average molecular weight is 279 g/mol. The second-order valence-corrected chi connectivity index (χ2v) is 4.24. The fourth-order valence-electron chi connectivity index (χ4n) is 1.62. The van der Waals surface area contributed by atoms with Crippen LogP contribution in [-0.4, -0.2) is 9.91 Å². The minimum Gasteiger partial charge on any atom is -0.456 e. The van der Waals surface area contributed by atoms with Crippen molar-refractivity contribution in [2.45, 2.75) is 12.8 Å². The molecule has 6 heteroatoms. The van der Waals surface area contributed by atoms with Crippen LogP contribution in [-0.2, 0) is 5.88 Å². The van der Waals surface area contributed by atoms with E-state index in [-0.39, 0.29) is 5.69 Å². The molecule has 0 saturated carbocycles. The molecule has 0 unspecified atom stereocenters. The number of nitro benzene ring substituents is 1. The fourth-order valence-corrected chi connectivity index (χ4v) is 1.77. The van der Waals surface area contributed by atoms with E-state index in [0.29, 0.717) is 22.9 Å². The Morgan fingerprint density at radius 3 is 2.74 bits per heavy atom. The van der Waals surface area contributed by atoms with Crippen molar-refractivity contribution in [1.82, 2.24) is 4.98 Å². The first kappa shape index (κ1) is 13.3. The van der Waals surface area contributed by atoms with Gasteiger partial charge in [-0.2, -0.15) is 0 Å². The Hall–Kier alpha value is -2.14. The highest BCUT2D eigenvalue weighted by Gasteiger charge is 2.11. The molecular formula is C13H11ClN2O3. The lowest BCUT2D eigenvalue weighted by Gasteiger charge is -2.07. The van der Waals surface area contributed by atoms with Crippen LogP contribution in [0.25, 0.3) is 0 Å². The molecule has 2 aromatic rings. The number of pyridine rings is 1. The van der Waals surface area contributed by atoms with E-state index < -0.39 is 4.92 Å². The molecule has 0 radical (unpaired) electrons. The van der Waals surface area contributed by atoms with Gasteiger partial charge >= 0.3 is 0 Å². The number of benzene rings is 1. The molecule has 98 valence electrons. The Kier molecular flexibility index (Phi) is 3.97. The molecule has 0 aliphatic heterocycles. The lowest BCUT2D eigenvalue weighted by atomic mass is 10.2. The van der Waals surface area contributed by atoms with E-state index in [1.807, 2.05) is 0 Å². The zero-order valence-corrected chi connectivity index (χ0v) is 10.9. The van der Waals surface area contributed by atoms with E-state index in [2.05, 4.69) is 4.98 Å². The normalized spacial score (nSPS) is 10.2. The monoisotopic (exact) mass is 278 g/mol. The molecule has 0 atom stereocenters. The van der Waals surface area contributed by atoms with Gasteiger partial charge in [0.05, 0.1) is 11.1 Å². The summed E-state index contributed by atoms with van der Waals surface area (Å²) in [5.74, 6) is 1.42. The first-order valence-electron chi connectivity index (χ1n) is 5.53. The van der Waals surface area contributed by atoms with E-state index >= 15 is 0 Å². The van der Waals surface area contributed by atoms with Gasteiger partial charge in [-0.3, -0.25) is 15.1 Å². The van der Waals surface area contributed by atoms with E-state index in [0.717, 1.165) is 5.56 Å². The minimum absolute atomic E-state index is 0.0694. The van der Waals surface area contributed by atoms with E-state index in [4.69, 9.17) is 16.3 Å². The number of aryl methyl sites for hydroxylation is 1. The van der Waals surface area contributed by atoms with Crippen molar-refractivity contribution in [2.75, 3.05) is 0 Å². The Morgan fingerprint density at radius 2 is 2.11 bits per heavy atom. The Balaban J connectivity index is 2.23. The molecule has 0 aliphatic carbocycles. The summed E-state index contributed by atoms with van der Waals surface area (Å²) in [5, 5.41) is 10.7. The zero-order valence-electron chi connectivity index (χ0n) is 10.2. The van der Waals surface area contributed by atoms with Crippen LogP contribution in [0.5, 0.6) is 11.5 Å². The standard InChI is InChI=1S/C13H11ClN2O3/c1-9-4-11(2-3-13(9)16(17)18)19-12-5-10(6-14)7-15-8-12/h2-5,7-8H,6H2,1H3. The third-order valence-corrected chi connectivity index (χ3v) is 2.83. The van der Waals surface area contributed by atoms with Crippen LogP contribution in [0.2, 0.25) is 0 Å². The highest BCUT2D eigenvalue weighted by molar-refractivity contribution is 6.17. The molecule has 0 fully saturated rings. The van der Waals surface area contributed by atoms with E-state index in [1.165, 1.54) is 6.07 Å². The quantitative estimate of drug-likeness (QED) is 0.484. The Labute approximate surface area is 115 Å². The second-order valence-electron chi connectivity index (χ2n) is 3.97. The maximum absolute atomic E-state index is 10.7. The summed E-state index contributed by atoms with van der Waals surface area (Å²) < 4.78 is 5.59. The van der Waals surface area contributed by atoms with Crippen LogP contribution in [0.3, 0.4) is 0 Å². The zero-order chi connectivity index (χ0) is 13.8. The maximum atomic E-state index is 10.7. The molecule has 19 heavy (non-hydrogen) atoms. The number of aromatic nitrogens is 1. The highest BCUT2D eigenvalue weighted by Crippen LogP contribution is 2.27. The van der Waals surface area contributed by atoms with Gasteiger partial charge in [0.1, 0.15) is 11.5 Å². The number of rotatable bonds is 4. The molecule has 0 aliphatic rings. The van der Waals surface area contributed by atoms with Crippen LogP contribution in [0, 0.1) is 17.0 Å². The van der Waals surface area contributed by atoms with Crippen molar-refractivity contribution in [3.8, 4) is 11.5 Å². The summed E-state index contributed by atoms with van der Waals surface area (Å²) >= 11 is 5.71. The molecule has 0 saturated heterocycles. The lowest BCUT2D eigenvalue weighted by Crippen LogP contribution is -1.93. The lowest BCUT2D eigenvalue weighted by molar-refractivity contribution is -0.385. The number of hydrogen-bond acceptors (Lipinski definition) is 4. The summed E-state index contributed by atoms with van der Waals surface area (Å²) in [6.07, 6.45) is 3.22. The van der Waals surface area contributed by atoms with Gasteiger partial charge in [-0.1, -0.05) is 0 Å². The SMILES string of the molecule is Cc1cc(Oc2cncc(CCl)c2)ccc1[N+](=O)[O-]. The maximum Gasteiger partial charge on any atom is 0.272 e. The van der Waals surface area contributed by atoms with Crippen LogP contribution in [0.1, 0.15) is 11.1 Å². The smallest absolute Gasteiger partial charge is 0.272 e. The topological polar surface area (TPSA) is 65.3 Å². The predicted octanol–water partition coefficient (Wildman–Crippen LogP) is 3.83. The minimum atomic E-state index is -0.422. The summed E-state index contributed by atoms with van der Waals surface area (Å²) in [4.78, 5) is 14.3. The van der Waals surface area contributed by atoms with Crippen LogP contribution < -0.4 is 4.74 Å². The van der Waals surface area contributed by atoms with Gasteiger partial charge in [0.25, 0.3) is 5.69 Å². The highest BCUT2D eigenvalue weighted by atomic mass is 35.5. The molecule has 0 bridgehead atoms. The van der Waals surface area contributed by atoms with Crippen molar-refractivity contribution in [1.29, 1.82) is 0 Å². The van der Waals surface area contributed by atoms with Crippen molar-refractivity contribution in [3.05, 3.63) is 57.9 Å². The number of alkyl halides is 1. The number of ether oxygens (including phenoxy) is 1. The van der Waals surface area contributed by atoms with E-state index in [1.54, 1.807) is 37.5 Å².